The van der Waals surface area contributed by atoms with Gasteiger partial charge in [0.15, 0.2) is 5.84 Å². The topological polar surface area (TPSA) is 83.0 Å². The molecule has 1 amide bonds. The molecule has 0 aliphatic carbocycles. The van der Waals surface area contributed by atoms with Gasteiger partial charge in [-0.3, -0.25) is 10.2 Å². The van der Waals surface area contributed by atoms with Crippen LogP contribution in [0.15, 0.2) is 46.0 Å². The number of hydrazone groups is 1. The van der Waals surface area contributed by atoms with Crippen LogP contribution in [-0.4, -0.2) is 38.6 Å². The monoisotopic (exact) mass is 421 g/mol. The Bertz CT molecular complexity index is 1140. The van der Waals surface area contributed by atoms with Gasteiger partial charge in [-0.25, -0.2) is 0 Å². The second kappa shape index (κ2) is 7.60. The minimum atomic E-state index is -0.409. The minimum Gasteiger partial charge on any atom is -0.497 e. The summed E-state index contributed by atoms with van der Waals surface area (Å²) >= 11 is 1.35. The zero-order valence-corrected chi connectivity index (χ0v) is 18.4. The first-order chi connectivity index (χ1) is 14.3. The number of rotatable bonds is 4. The Balaban J connectivity index is 1.72. The number of aryl methyl sites for hydroxylation is 1. The lowest BCUT2D eigenvalue weighted by Crippen LogP contribution is -2.35. The van der Waals surface area contributed by atoms with Crippen molar-refractivity contribution in [2.45, 2.75) is 27.7 Å². The molecule has 2 aliphatic heterocycles. The van der Waals surface area contributed by atoms with Crippen molar-refractivity contribution in [3.8, 4) is 11.4 Å². The lowest BCUT2D eigenvalue weighted by atomic mass is 10.1. The number of amides is 1. The van der Waals surface area contributed by atoms with Crippen LogP contribution in [0.4, 0.5) is 0 Å². The van der Waals surface area contributed by atoms with Gasteiger partial charge >= 0.3 is 0 Å². The van der Waals surface area contributed by atoms with E-state index in [1.807, 2.05) is 58.0 Å². The van der Waals surface area contributed by atoms with Crippen molar-refractivity contribution in [2.24, 2.45) is 16.0 Å². The smallest absolute Gasteiger partial charge is 0.283 e. The van der Waals surface area contributed by atoms with Crippen LogP contribution in [0.5, 0.6) is 5.75 Å². The first-order valence-corrected chi connectivity index (χ1v) is 10.4. The van der Waals surface area contributed by atoms with Gasteiger partial charge in [0.1, 0.15) is 10.8 Å². The van der Waals surface area contributed by atoms with Gasteiger partial charge in [-0.15, -0.1) is 0 Å². The van der Waals surface area contributed by atoms with Crippen molar-refractivity contribution >= 4 is 39.8 Å². The third-order valence-electron chi connectivity index (χ3n) is 5.06. The molecule has 0 spiro atoms. The Labute approximate surface area is 179 Å². The average molecular weight is 422 g/mol. The van der Waals surface area contributed by atoms with Gasteiger partial charge in [-0.1, -0.05) is 13.8 Å². The molecule has 1 N–H and O–H groups in total. The van der Waals surface area contributed by atoms with Crippen LogP contribution in [-0.2, 0) is 4.79 Å². The maximum atomic E-state index is 12.7. The number of hydrogen-bond donors (Lipinski definition) is 1. The van der Waals surface area contributed by atoms with Crippen molar-refractivity contribution < 1.29 is 9.53 Å². The summed E-state index contributed by atoms with van der Waals surface area (Å²) in [5.74, 6) is 0.654. The number of nitrogens with one attached hydrogen (secondary N) is 1. The molecular formula is C22H23N5O2S. The van der Waals surface area contributed by atoms with Crippen LogP contribution in [0.1, 0.15) is 30.8 Å². The van der Waals surface area contributed by atoms with Gasteiger partial charge in [-0.05, 0) is 67.6 Å². The number of aliphatic imine (C=N–C) groups is 1. The zero-order chi connectivity index (χ0) is 21.6. The SMILES string of the molecule is COc1ccc(-n2c(C)cc(/C=C3/C(=N)N4N=C(C(C)C)SC4=NC3=O)c2C)cc1. The van der Waals surface area contributed by atoms with Gasteiger partial charge in [-0.2, -0.15) is 15.1 Å². The van der Waals surface area contributed by atoms with Gasteiger partial charge in [0.25, 0.3) is 5.91 Å². The molecular weight excluding hydrogens is 398 g/mol. The largest absolute Gasteiger partial charge is 0.497 e. The number of methoxy groups -OCH3 is 1. The quantitative estimate of drug-likeness (QED) is 0.743. The van der Waals surface area contributed by atoms with Crippen LogP contribution in [0.3, 0.4) is 0 Å². The summed E-state index contributed by atoms with van der Waals surface area (Å²) < 4.78 is 7.35. The Morgan fingerprint density at radius 3 is 2.53 bits per heavy atom. The number of fused-ring (bicyclic) bond motifs is 1. The molecule has 0 saturated carbocycles. The second-order valence-electron chi connectivity index (χ2n) is 7.47. The lowest BCUT2D eigenvalue weighted by molar-refractivity contribution is -0.114. The standard InChI is InChI=1S/C22H23N5O2S/c1-12(2)21-25-27-19(23)18(20(28)24-22(27)30-21)11-15-10-13(3)26(14(15)4)16-6-8-17(29-5)9-7-16/h6-12,23H,1-5H3/b18-11-,23-19?. The predicted molar refractivity (Wildman–Crippen MR) is 122 cm³/mol. The van der Waals surface area contributed by atoms with Crippen LogP contribution >= 0.6 is 11.8 Å². The molecule has 0 bridgehead atoms. The number of carbonyl (C=O) groups is 1. The van der Waals surface area contributed by atoms with Gasteiger partial charge in [0, 0.05) is 23.0 Å². The van der Waals surface area contributed by atoms with Crippen LogP contribution in [0.25, 0.3) is 11.8 Å². The molecule has 0 unspecified atom stereocenters. The predicted octanol–water partition coefficient (Wildman–Crippen LogP) is 4.38. The molecule has 1 aromatic carbocycles. The number of aromatic nitrogens is 1. The fourth-order valence-corrected chi connectivity index (χ4v) is 4.35. The number of ether oxygens (including phenoxy) is 1. The molecule has 3 heterocycles. The molecule has 0 fully saturated rings. The normalized spacial score (nSPS) is 17.5. The maximum Gasteiger partial charge on any atom is 0.283 e. The molecule has 0 radical (unpaired) electrons. The summed E-state index contributed by atoms with van der Waals surface area (Å²) in [5, 5.41) is 15.8. The summed E-state index contributed by atoms with van der Waals surface area (Å²) in [6.45, 7) is 8.07. The van der Waals surface area contributed by atoms with E-state index in [2.05, 4.69) is 14.7 Å². The van der Waals surface area contributed by atoms with Crippen molar-refractivity contribution in [1.82, 2.24) is 9.58 Å². The minimum absolute atomic E-state index is 0.0578. The van der Waals surface area contributed by atoms with E-state index in [1.165, 1.54) is 16.8 Å². The highest BCUT2D eigenvalue weighted by atomic mass is 32.2. The van der Waals surface area contributed by atoms with Crippen molar-refractivity contribution in [1.29, 1.82) is 5.41 Å². The number of nitrogens with zero attached hydrogens (tertiary/aromatic N) is 4. The molecule has 0 saturated heterocycles. The number of carbonyl (C=O) groups excluding carboxylic acids is 1. The molecule has 8 heteroatoms. The Morgan fingerprint density at radius 1 is 1.20 bits per heavy atom. The average Bonchev–Trinajstić information content (AvgIpc) is 3.26. The van der Waals surface area contributed by atoms with Gasteiger partial charge in [0.05, 0.1) is 12.7 Å². The van der Waals surface area contributed by atoms with E-state index in [4.69, 9.17) is 10.1 Å². The Morgan fingerprint density at radius 2 is 1.90 bits per heavy atom. The third-order valence-corrected chi connectivity index (χ3v) is 6.27. The molecule has 4 rings (SSSR count). The molecule has 30 heavy (non-hydrogen) atoms. The first-order valence-electron chi connectivity index (χ1n) is 9.63. The van der Waals surface area contributed by atoms with E-state index in [9.17, 15) is 4.79 Å². The summed E-state index contributed by atoms with van der Waals surface area (Å²) in [6.07, 6.45) is 1.74. The molecule has 154 valence electrons. The zero-order valence-electron chi connectivity index (χ0n) is 17.6. The summed E-state index contributed by atoms with van der Waals surface area (Å²) in [6, 6.07) is 9.82. The molecule has 1 aromatic heterocycles. The molecule has 2 aliphatic rings. The highest BCUT2D eigenvalue weighted by molar-refractivity contribution is 8.27. The van der Waals surface area contributed by atoms with Crippen LogP contribution in [0.2, 0.25) is 0 Å². The molecule has 7 nitrogen and oxygen atoms in total. The van der Waals surface area contributed by atoms with Gasteiger partial charge in [0.2, 0.25) is 5.17 Å². The summed E-state index contributed by atoms with van der Waals surface area (Å²) in [7, 11) is 1.64. The Kier molecular flexibility index (Phi) is 5.11. The van der Waals surface area contributed by atoms with E-state index in [0.717, 1.165) is 33.4 Å². The van der Waals surface area contributed by atoms with Crippen molar-refractivity contribution in [3.63, 3.8) is 0 Å². The third kappa shape index (κ3) is 3.37. The van der Waals surface area contributed by atoms with E-state index >= 15 is 0 Å². The highest BCUT2D eigenvalue weighted by Crippen LogP contribution is 2.31. The van der Waals surface area contributed by atoms with Crippen molar-refractivity contribution in [2.75, 3.05) is 7.11 Å². The fourth-order valence-electron chi connectivity index (χ4n) is 3.46. The van der Waals surface area contributed by atoms with Crippen LogP contribution in [0, 0.1) is 25.2 Å². The van der Waals surface area contributed by atoms with Crippen LogP contribution < -0.4 is 4.74 Å². The highest BCUT2D eigenvalue weighted by Gasteiger charge is 2.36. The van der Waals surface area contributed by atoms with Gasteiger partial charge < -0.3 is 9.30 Å². The Hall–Kier alpha value is -3.13. The summed E-state index contributed by atoms with van der Waals surface area (Å²) in [5.41, 5.74) is 4.11. The number of thioether (sulfide) groups is 1. The number of benzene rings is 1. The maximum absolute atomic E-state index is 12.7. The van der Waals surface area contributed by atoms with E-state index in [0.29, 0.717) is 5.17 Å². The first kappa shape index (κ1) is 20.2. The second-order valence-corrected chi connectivity index (χ2v) is 8.46. The van der Waals surface area contributed by atoms with Crippen molar-refractivity contribution in [3.05, 3.63) is 52.9 Å². The van der Waals surface area contributed by atoms with E-state index in [1.54, 1.807) is 13.2 Å². The summed E-state index contributed by atoms with van der Waals surface area (Å²) in [4.78, 5) is 16.8. The fraction of sp³-hybridized carbons (Fsp3) is 0.273. The molecule has 2 aromatic rings. The van der Waals surface area contributed by atoms with E-state index in [-0.39, 0.29) is 17.3 Å². The lowest BCUT2D eigenvalue weighted by Gasteiger charge is -2.20. The molecule has 0 atom stereocenters. The number of amidine groups is 2. The van der Waals surface area contributed by atoms with E-state index < -0.39 is 5.91 Å². The number of hydrogen-bond acceptors (Lipinski definition) is 5.